The highest BCUT2D eigenvalue weighted by atomic mass is 35.5. The molecule has 1 N–H and O–H groups in total. The Morgan fingerprint density at radius 2 is 1.81 bits per heavy atom. The van der Waals surface area contributed by atoms with Crippen molar-refractivity contribution in [3.8, 4) is 0 Å². The second-order valence-corrected chi connectivity index (χ2v) is 5.80. The molecule has 2 aromatic rings. The highest BCUT2D eigenvalue weighted by Crippen LogP contribution is 2.23. The number of anilines is 1. The van der Waals surface area contributed by atoms with Gasteiger partial charge < -0.3 is 5.32 Å². The van der Waals surface area contributed by atoms with E-state index < -0.39 is 0 Å². The van der Waals surface area contributed by atoms with E-state index in [-0.39, 0.29) is 5.91 Å². The van der Waals surface area contributed by atoms with E-state index >= 15 is 0 Å². The summed E-state index contributed by atoms with van der Waals surface area (Å²) in [7, 11) is 0. The average Bonchev–Trinajstić information content (AvgIpc) is 2.51. The number of hydrogen-bond acceptors (Lipinski definition) is 2. The van der Waals surface area contributed by atoms with Gasteiger partial charge in [-0.25, -0.2) is 0 Å². The van der Waals surface area contributed by atoms with Gasteiger partial charge in [0.05, 0.1) is 4.91 Å². The third-order valence-corrected chi connectivity index (χ3v) is 4.31. The SMILES string of the molecule is Cc1ccc(NC(=O)/C(=C/Cl)SCc2ccccc2)cc1. The van der Waals surface area contributed by atoms with Crippen molar-refractivity contribution >= 4 is 35.0 Å². The fourth-order valence-corrected chi connectivity index (χ4v) is 2.76. The van der Waals surface area contributed by atoms with Crippen LogP contribution in [0, 0.1) is 6.92 Å². The van der Waals surface area contributed by atoms with E-state index in [1.54, 1.807) is 0 Å². The minimum Gasteiger partial charge on any atom is -0.322 e. The molecule has 2 rings (SSSR count). The molecule has 0 radical (unpaired) electrons. The zero-order valence-electron chi connectivity index (χ0n) is 11.7. The average molecular weight is 318 g/mol. The van der Waals surface area contributed by atoms with E-state index in [1.165, 1.54) is 17.3 Å². The Balaban J connectivity index is 1.94. The number of hydrogen-bond donors (Lipinski definition) is 1. The Kier molecular flexibility index (Phi) is 5.90. The van der Waals surface area contributed by atoms with E-state index in [0.717, 1.165) is 16.8 Å². The highest BCUT2D eigenvalue weighted by molar-refractivity contribution is 8.03. The number of halogens is 1. The molecule has 0 aliphatic carbocycles. The van der Waals surface area contributed by atoms with Crippen LogP contribution >= 0.6 is 23.4 Å². The molecule has 2 nitrogen and oxygen atoms in total. The van der Waals surface area contributed by atoms with Crippen molar-refractivity contribution in [2.24, 2.45) is 0 Å². The zero-order chi connectivity index (χ0) is 15.1. The molecule has 0 aromatic heterocycles. The standard InChI is InChI=1S/C17H16ClNOS/c1-13-7-9-15(10-8-13)19-17(20)16(11-18)21-12-14-5-3-2-4-6-14/h2-11H,12H2,1H3,(H,19,20)/b16-11-. The second-order valence-electron chi connectivity index (χ2n) is 4.57. The Labute approximate surface area is 134 Å². The van der Waals surface area contributed by atoms with E-state index in [4.69, 9.17) is 11.6 Å². The first-order valence-corrected chi connectivity index (χ1v) is 7.96. The first-order chi connectivity index (χ1) is 10.2. The van der Waals surface area contributed by atoms with Crippen molar-refractivity contribution in [3.63, 3.8) is 0 Å². The normalized spacial score (nSPS) is 11.2. The summed E-state index contributed by atoms with van der Waals surface area (Å²) in [6.07, 6.45) is 0. The van der Waals surface area contributed by atoms with Crippen LogP contribution in [0.5, 0.6) is 0 Å². The second kappa shape index (κ2) is 7.91. The molecular weight excluding hydrogens is 302 g/mol. The minimum absolute atomic E-state index is 0.185. The lowest BCUT2D eigenvalue weighted by Gasteiger charge is -2.08. The summed E-state index contributed by atoms with van der Waals surface area (Å²) >= 11 is 7.20. The summed E-state index contributed by atoms with van der Waals surface area (Å²) in [6.45, 7) is 2.01. The van der Waals surface area contributed by atoms with Gasteiger partial charge in [-0.2, -0.15) is 0 Å². The molecule has 0 aliphatic heterocycles. The highest BCUT2D eigenvalue weighted by Gasteiger charge is 2.10. The van der Waals surface area contributed by atoms with E-state index in [9.17, 15) is 4.79 Å². The monoisotopic (exact) mass is 317 g/mol. The van der Waals surface area contributed by atoms with Crippen molar-refractivity contribution in [2.45, 2.75) is 12.7 Å². The lowest BCUT2D eigenvalue weighted by atomic mass is 10.2. The maximum atomic E-state index is 12.2. The number of carbonyl (C=O) groups is 1. The molecule has 0 unspecified atom stereocenters. The van der Waals surface area contributed by atoms with E-state index in [2.05, 4.69) is 5.32 Å². The van der Waals surface area contributed by atoms with E-state index in [1.807, 2.05) is 61.5 Å². The predicted molar refractivity (Wildman–Crippen MR) is 91.5 cm³/mol. The van der Waals surface area contributed by atoms with Gasteiger partial charge in [0.2, 0.25) is 0 Å². The molecule has 0 fully saturated rings. The fraction of sp³-hybridized carbons (Fsp3) is 0.118. The first-order valence-electron chi connectivity index (χ1n) is 6.54. The Hall–Kier alpha value is -1.71. The summed E-state index contributed by atoms with van der Waals surface area (Å²) in [4.78, 5) is 12.7. The number of carbonyl (C=O) groups excluding carboxylic acids is 1. The number of aryl methyl sites for hydroxylation is 1. The van der Waals surface area contributed by atoms with Crippen LogP contribution < -0.4 is 5.32 Å². The van der Waals surface area contributed by atoms with Crippen LogP contribution in [-0.4, -0.2) is 5.91 Å². The van der Waals surface area contributed by atoms with Gasteiger partial charge in [0.15, 0.2) is 0 Å². The van der Waals surface area contributed by atoms with Gasteiger partial charge in [0.25, 0.3) is 5.91 Å². The predicted octanol–water partition coefficient (Wildman–Crippen LogP) is 4.95. The summed E-state index contributed by atoms with van der Waals surface area (Å²) in [5.74, 6) is 0.524. The molecule has 0 aliphatic rings. The number of thioether (sulfide) groups is 1. The van der Waals surface area contributed by atoms with Gasteiger partial charge in [0, 0.05) is 17.0 Å². The topological polar surface area (TPSA) is 29.1 Å². The largest absolute Gasteiger partial charge is 0.322 e. The molecule has 108 valence electrons. The van der Waals surface area contributed by atoms with Crippen LogP contribution in [0.3, 0.4) is 0 Å². The van der Waals surface area contributed by atoms with Crippen LogP contribution in [0.1, 0.15) is 11.1 Å². The molecule has 0 heterocycles. The molecule has 1 amide bonds. The van der Waals surface area contributed by atoms with Gasteiger partial charge in [-0.15, -0.1) is 11.8 Å². The molecule has 0 spiro atoms. The summed E-state index contributed by atoms with van der Waals surface area (Å²) in [6, 6.07) is 17.6. The maximum Gasteiger partial charge on any atom is 0.262 e. The van der Waals surface area contributed by atoms with Gasteiger partial charge in [0.1, 0.15) is 0 Å². The van der Waals surface area contributed by atoms with Gasteiger partial charge in [-0.05, 0) is 24.6 Å². The third-order valence-electron chi connectivity index (χ3n) is 2.87. The number of amides is 1. The fourth-order valence-electron chi connectivity index (χ4n) is 1.71. The molecule has 0 atom stereocenters. The van der Waals surface area contributed by atoms with Crippen molar-refractivity contribution in [1.82, 2.24) is 0 Å². The summed E-state index contributed by atoms with van der Waals surface area (Å²) < 4.78 is 0. The van der Waals surface area contributed by atoms with Crippen molar-refractivity contribution in [2.75, 3.05) is 5.32 Å². The smallest absolute Gasteiger partial charge is 0.262 e. The van der Waals surface area contributed by atoms with Crippen molar-refractivity contribution < 1.29 is 4.79 Å². The van der Waals surface area contributed by atoms with Crippen LogP contribution in [0.15, 0.2) is 65.0 Å². The Morgan fingerprint density at radius 3 is 2.43 bits per heavy atom. The molecular formula is C17H16ClNOS. The first kappa shape index (κ1) is 15.7. The third kappa shape index (κ3) is 4.96. The summed E-state index contributed by atoms with van der Waals surface area (Å²) in [5, 5.41) is 2.84. The number of nitrogens with one attached hydrogen (secondary N) is 1. The number of benzene rings is 2. The van der Waals surface area contributed by atoms with Crippen LogP contribution in [0.2, 0.25) is 0 Å². The maximum absolute atomic E-state index is 12.2. The molecule has 0 saturated carbocycles. The Morgan fingerprint density at radius 1 is 1.14 bits per heavy atom. The minimum atomic E-state index is -0.185. The number of rotatable bonds is 5. The van der Waals surface area contributed by atoms with Crippen LogP contribution in [0.4, 0.5) is 5.69 Å². The lowest BCUT2D eigenvalue weighted by Crippen LogP contribution is -2.12. The van der Waals surface area contributed by atoms with Gasteiger partial charge in [-0.3, -0.25) is 4.79 Å². The zero-order valence-corrected chi connectivity index (χ0v) is 13.2. The molecule has 2 aromatic carbocycles. The molecule has 21 heavy (non-hydrogen) atoms. The van der Waals surface area contributed by atoms with E-state index in [0.29, 0.717) is 10.7 Å². The Bertz CT molecular complexity index is 623. The molecule has 4 heteroatoms. The van der Waals surface area contributed by atoms with Crippen LogP contribution in [0.25, 0.3) is 0 Å². The van der Waals surface area contributed by atoms with Crippen LogP contribution in [-0.2, 0) is 10.5 Å². The van der Waals surface area contributed by atoms with Crippen molar-refractivity contribution in [1.29, 1.82) is 0 Å². The molecule has 0 bridgehead atoms. The quantitative estimate of drug-likeness (QED) is 0.791. The summed E-state index contributed by atoms with van der Waals surface area (Å²) in [5.41, 5.74) is 4.40. The molecule has 0 saturated heterocycles. The lowest BCUT2D eigenvalue weighted by molar-refractivity contribution is -0.112. The van der Waals surface area contributed by atoms with Gasteiger partial charge >= 0.3 is 0 Å². The van der Waals surface area contributed by atoms with Crippen molar-refractivity contribution in [3.05, 3.63) is 76.2 Å². The van der Waals surface area contributed by atoms with Gasteiger partial charge in [-0.1, -0.05) is 59.6 Å².